The topological polar surface area (TPSA) is 57.9 Å². The van der Waals surface area contributed by atoms with Gasteiger partial charge in [0.1, 0.15) is 0 Å². The molecule has 70 valence electrons. The van der Waals surface area contributed by atoms with Crippen LogP contribution in [0, 0.1) is 11.3 Å². The van der Waals surface area contributed by atoms with Crippen LogP contribution in [0.3, 0.4) is 0 Å². The van der Waals surface area contributed by atoms with Crippen LogP contribution in [0.25, 0.3) is 0 Å². The Morgan fingerprint density at radius 1 is 1.50 bits per heavy atom. The van der Waals surface area contributed by atoms with E-state index in [0.29, 0.717) is 0 Å². The molecule has 0 aromatic rings. The summed E-state index contributed by atoms with van der Waals surface area (Å²) < 4.78 is 21.4. The Kier molecular flexibility index (Phi) is 4.21. The lowest BCUT2D eigenvalue weighted by atomic mass is 10.5. The zero-order valence-corrected chi connectivity index (χ0v) is 10.7. The number of hydrogen-bond donors (Lipinski definition) is 0. The minimum Gasteiger partial charge on any atom is -0.228 e. The zero-order chi connectivity index (χ0) is 9.99. The second-order valence-electron chi connectivity index (χ2n) is 2.67. The van der Waals surface area contributed by atoms with Crippen LogP contribution in [0.1, 0.15) is 13.8 Å². The molecular formula is C6H9Br2NO2S. The van der Waals surface area contributed by atoms with Gasteiger partial charge in [0.15, 0.2) is 13.1 Å². The zero-order valence-electron chi connectivity index (χ0n) is 6.71. The molecule has 0 aliphatic rings. The summed E-state index contributed by atoms with van der Waals surface area (Å²) >= 11 is 5.92. The molecule has 0 aromatic carbocycles. The molecule has 0 aliphatic carbocycles. The highest BCUT2D eigenvalue weighted by Gasteiger charge is 2.31. The molecule has 0 bridgehead atoms. The van der Waals surface area contributed by atoms with Crippen molar-refractivity contribution in [3.63, 3.8) is 0 Å². The maximum atomic E-state index is 11.3. The lowest BCUT2D eigenvalue weighted by Crippen LogP contribution is -2.28. The smallest absolute Gasteiger partial charge is 0.180 e. The second kappa shape index (κ2) is 4.07. The number of rotatable bonds is 3. The molecule has 0 rings (SSSR count). The number of hydrogen-bond acceptors (Lipinski definition) is 3. The summed E-state index contributed by atoms with van der Waals surface area (Å²) in [5.74, 6) is -0.228. The summed E-state index contributed by atoms with van der Waals surface area (Å²) in [6, 6.07) is 1.81. The maximum absolute atomic E-state index is 11.3. The molecule has 0 heterocycles. The third kappa shape index (κ3) is 3.87. The lowest BCUT2D eigenvalue weighted by Gasteiger charge is -2.13. The van der Waals surface area contributed by atoms with Gasteiger partial charge in [-0.05, 0) is 13.8 Å². The van der Waals surface area contributed by atoms with Crippen LogP contribution in [-0.2, 0) is 9.84 Å². The van der Waals surface area contributed by atoms with Gasteiger partial charge in [0.2, 0.25) is 0 Å². The molecule has 0 atom stereocenters. The van der Waals surface area contributed by atoms with Gasteiger partial charge < -0.3 is 0 Å². The first-order valence-electron chi connectivity index (χ1n) is 3.22. The normalized spacial score (nSPS) is 13.0. The van der Waals surface area contributed by atoms with Crippen molar-refractivity contribution in [1.82, 2.24) is 0 Å². The Morgan fingerprint density at radius 3 is 2.17 bits per heavy atom. The van der Waals surface area contributed by atoms with Crippen LogP contribution in [-0.4, -0.2) is 22.7 Å². The van der Waals surface area contributed by atoms with E-state index >= 15 is 0 Å². The summed E-state index contributed by atoms with van der Waals surface area (Å²) in [5, 5.41) is 8.07. The lowest BCUT2D eigenvalue weighted by molar-refractivity contribution is 0.587. The largest absolute Gasteiger partial charge is 0.228 e. The predicted octanol–water partition coefficient (Wildman–Crippen LogP) is 1.82. The molecule has 0 amide bonds. The Hall–Kier alpha value is 0.400. The van der Waals surface area contributed by atoms with Crippen molar-refractivity contribution in [3.05, 3.63) is 0 Å². The van der Waals surface area contributed by atoms with E-state index in [1.165, 1.54) is 0 Å². The number of nitriles is 1. The molecule has 0 N–H and O–H groups in total. The second-order valence-corrected chi connectivity index (χ2v) is 9.00. The van der Waals surface area contributed by atoms with E-state index in [9.17, 15) is 8.42 Å². The molecule has 6 heteroatoms. The van der Waals surface area contributed by atoms with Gasteiger partial charge in [0, 0.05) is 0 Å². The van der Waals surface area contributed by atoms with Crippen molar-refractivity contribution in [2.75, 3.05) is 5.75 Å². The molecule has 0 radical (unpaired) electrons. The van der Waals surface area contributed by atoms with Gasteiger partial charge in [0.05, 0.1) is 17.1 Å². The van der Waals surface area contributed by atoms with Crippen molar-refractivity contribution >= 4 is 41.7 Å². The maximum Gasteiger partial charge on any atom is 0.180 e. The van der Waals surface area contributed by atoms with Gasteiger partial charge in [-0.15, -0.1) is 0 Å². The molecule has 0 spiro atoms. The summed E-state index contributed by atoms with van der Waals surface area (Å²) in [4.78, 5) is 0. The van der Waals surface area contributed by atoms with Crippen molar-refractivity contribution in [3.8, 4) is 6.07 Å². The fraction of sp³-hybridized carbons (Fsp3) is 0.833. The Bertz CT molecular complexity index is 289. The minimum absolute atomic E-state index is 0.228. The Labute approximate surface area is 89.3 Å². The van der Waals surface area contributed by atoms with Gasteiger partial charge in [0.25, 0.3) is 0 Å². The highest BCUT2D eigenvalue weighted by atomic mass is 79.9. The molecule has 0 saturated carbocycles. The number of alkyl halides is 2. The van der Waals surface area contributed by atoms with E-state index in [0.717, 1.165) is 0 Å². The van der Waals surface area contributed by atoms with E-state index in [4.69, 9.17) is 5.26 Å². The highest BCUT2D eigenvalue weighted by Crippen LogP contribution is 2.28. The Balaban J connectivity index is 4.61. The van der Waals surface area contributed by atoms with Crippen LogP contribution in [0.2, 0.25) is 0 Å². The highest BCUT2D eigenvalue weighted by molar-refractivity contribution is 9.25. The fourth-order valence-corrected chi connectivity index (χ4v) is 3.27. The van der Waals surface area contributed by atoms with E-state index in [1.54, 1.807) is 19.9 Å². The van der Waals surface area contributed by atoms with Crippen molar-refractivity contribution in [1.29, 1.82) is 5.26 Å². The van der Waals surface area contributed by atoms with Gasteiger partial charge >= 0.3 is 0 Å². The third-order valence-electron chi connectivity index (χ3n) is 1.26. The third-order valence-corrected chi connectivity index (χ3v) is 5.19. The number of halogens is 2. The average molecular weight is 319 g/mol. The number of nitrogens with zero attached hydrogens (tertiary/aromatic N) is 1. The minimum atomic E-state index is -3.18. The summed E-state index contributed by atoms with van der Waals surface area (Å²) in [7, 11) is -3.18. The first kappa shape index (κ1) is 12.4. The molecule has 0 fully saturated rings. The summed E-state index contributed by atoms with van der Waals surface area (Å²) in [6.45, 7) is 3.17. The fourth-order valence-electron chi connectivity index (χ4n) is 0.452. The molecular weight excluding hydrogens is 310 g/mol. The van der Waals surface area contributed by atoms with E-state index in [-0.39, 0.29) is 5.75 Å². The van der Waals surface area contributed by atoms with Crippen molar-refractivity contribution < 1.29 is 8.42 Å². The molecule has 0 aliphatic heterocycles. The molecule has 0 saturated heterocycles. The van der Waals surface area contributed by atoms with Gasteiger partial charge in [-0.25, -0.2) is 8.42 Å². The van der Waals surface area contributed by atoms with Crippen LogP contribution in [0.5, 0.6) is 0 Å². The predicted molar refractivity (Wildman–Crippen MR) is 55.1 cm³/mol. The summed E-state index contributed by atoms with van der Waals surface area (Å²) in [6.07, 6.45) is 0. The Morgan fingerprint density at radius 2 is 1.92 bits per heavy atom. The van der Waals surface area contributed by atoms with Crippen LogP contribution < -0.4 is 0 Å². The van der Waals surface area contributed by atoms with E-state index in [2.05, 4.69) is 31.9 Å². The summed E-state index contributed by atoms with van der Waals surface area (Å²) in [5.41, 5.74) is 0. The van der Waals surface area contributed by atoms with Gasteiger partial charge in [-0.1, -0.05) is 31.9 Å². The van der Waals surface area contributed by atoms with Gasteiger partial charge in [-0.2, -0.15) is 5.26 Å². The van der Waals surface area contributed by atoms with E-state index < -0.39 is 18.3 Å². The molecule has 3 nitrogen and oxygen atoms in total. The van der Waals surface area contributed by atoms with Crippen LogP contribution >= 0.6 is 31.9 Å². The van der Waals surface area contributed by atoms with Crippen LogP contribution in [0.4, 0.5) is 0 Å². The quantitative estimate of drug-likeness (QED) is 0.746. The molecule has 0 aromatic heterocycles. The van der Waals surface area contributed by atoms with E-state index in [1.807, 2.05) is 0 Å². The molecule has 12 heavy (non-hydrogen) atoms. The standard InChI is InChI=1S/C6H9Br2NO2S/c1-5(2)12(10,11)4-6(7,8)3-9/h5H,4H2,1-2H3. The number of sulfone groups is 1. The average Bonchev–Trinajstić information content (AvgIpc) is 1.85. The van der Waals surface area contributed by atoms with Crippen LogP contribution in [0.15, 0.2) is 0 Å². The first-order chi connectivity index (χ1) is 5.21. The first-order valence-corrected chi connectivity index (χ1v) is 6.52. The SMILES string of the molecule is CC(C)S(=O)(=O)CC(Br)(Br)C#N. The monoisotopic (exact) mass is 317 g/mol. The van der Waals surface area contributed by atoms with Crippen molar-refractivity contribution in [2.24, 2.45) is 0 Å². The van der Waals surface area contributed by atoms with Crippen molar-refractivity contribution in [2.45, 2.75) is 22.3 Å². The molecule has 0 unspecified atom stereocenters. The van der Waals surface area contributed by atoms with Gasteiger partial charge in [-0.3, -0.25) is 0 Å².